The lowest BCUT2D eigenvalue weighted by atomic mass is 10.1. The van der Waals surface area contributed by atoms with Gasteiger partial charge in [0.05, 0.1) is 25.3 Å². The Kier molecular flexibility index (Phi) is 5.63. The highest BCUT2D eigenvalue weighted by Gasteiger charge is 2.31. The van der Waals surface area contributed by atoms with Gasteiger partial charge in [-0.2, -0.15) is 0 Å². The average Bonchev–Trinajstić information content (AvgIpc) is 3.48. The Hall–Kier alpha value is -3.60. The number of para-hydroxylation sites is 2. The predicted octanol–water partition coefficient (Wildman–Crippen LogP) is 5.07. The van der Waals surface area contributed by atoms with Crippen molar-refractivity contribution < 1.29 is 9.53 Å². The first kappa shape index (κ1) is 20.3. The van der Waals surface area contributed by atoms with Crippen LogP contribution in [0.5, 0.6) is 5.75 Å². The third kappa shape index (κ3) is 3.98. The molecule has 5 nitrogen and oxygen atoms in total. The minimum Gasteiger partial charge on any atom is -0.496 e. The molecule has 5 rings (SSSR count). The molecule has 1 aliphatic heterocycles. The molecule has 1 aliphatic rings. The molecule has 1 amide bonds. The number of H-pyrrole nitrogens is 1. The summed E-state index contributed by atoms with van der Waals surface area (Å²) in [5.41, 5.74) is 5.19. The summed E-state index contributed by atoms with van der Waals surface area (Å²) in [6.45, 7) is 0.782. The summed E-state index contributed by atoms with van der Waals surface area (Å²) in [6, 6.07) is 22.3. The Morgan fingerprint density at radius 2 is 1.91 bits per heavy atom. The van der Waals surface area contributed by atoms with Gasteiger partial charge in [0.15, 0.2) is 0 Å². The number of hydrogen-bond donors (Lipinski definition) is 1. The van der Waals surface area contributed by atoms with Gasteiger partial charge in [0, 0.05) is 41.3 Å². The first-order valence-electron chi connectivity index (χ1n) is 11.1. The van der Waals surface area contributed by atoms with E-state index in [0.717, 1.165) is 58.6 Å². The van der Waals surface area contributed by atoms with Gasteiger partial charge in [-0.15, -0.1) is 0 Å². The summed E-state index contributed by atoms with van der Waals surface area (Å²) in [4.78, 5) is 23.5. The van der Waals surface area contributed by atoms with E-state index >= 15 is 0 Å². The largest absolute Gasteiger partial charge is 0.496 e. The van der Waals surface area contributed by atoms with E-state index in [1.807, 2.05) is 65.7 Å². The molecular formula is C27H27N3O2. The van der Waals surface area contributed by atoms with E-state index in [-0.39, 0.29) is 11.9 Å². The summed E-state index contributed by atoms with van der Waals surface area (Å²) in [5.74, 6) is 1.03. The summed E-state index contributed by atoms with van der Waals surface area (Å²) in [7, 11) is 1.69. The molecule has 1 saturated heterocycles. The predicted molar refractivity (Wildman–Crippen MR) is 126 cm³/mol. The van der Waals surface area contributed by atoms with Crippen LogP contribution in [0.3, 0.4) is 0 Å². The van der Waals surface area contributed by atoms with Gasteiger partial charge in [-0.3, -0.25) is 9.78 Å². The van der Waals surface area contributed by atoms with E-state index in [2.05, 4.69) is 17.1 Å². The number of pyridine rings is 1. The molecule has 162 valence electrons. The monoisotopic (exact) mass is 425 g/mol. The van der Waals surface area contributed by atoms with Crippen LogP contribution in [-0.4, -0.2) is 34.4 Å². The number of carbonyl (C=O) groups is 1. The SMILES string of the molecule is COc1ccccc1Cc1cccc(C2CCCN2C(=O)Cc2c[nH]c3ccccc23)n1. The molecule has 0 bridgehead atoms. The van der Waals surface area contributed by atoms with E-state index in [1.165, 1.54) is 0 Å². The minimum atomic E-state index is 0.0327. The maximum absolute atomic E-state index is 13.3. The number of likely N-dealkylation sites (tertiary alicyclic amines) is 1. The van der Waals surface area contributed by atoms with Crippen LogP contribution < -0.4 is 4.74 Å². The van der Waals surface area contributed by atoms with Gasteiger partial charge in [-0.05, 0) is 42.7 Å². The van der Waals surface area contributed by atoms with Crippen molar-refractivity contribution >= 4 is 16.8 Å². The minimum absolute atomic E-state index is 0.0327. The van der Waals surface area contributed by atoms with Crippen molar-refractivity contribution in [2.75, 3.05) is 13.7 Å². The van der Waals surface area contributed by atoms with Crippen molar-refractivity contribution in [3.8, 4) is 5.75 Å². The van der Waals surface area contributed by atoms with Crippen LogP contribution in [0.2, 0.25) is 0 Å². The van der Waals surface area contributed by atoms with Crippen LogP contribution >= 0.6 is 0 Å². The molecule has 1 N–H and O–H groups in total. The van der Waals surface area contributed by atoms with Crippen LogP contribution in [0.15, 0.2) is 72.9 Å². The molecular weight excluding hydrogens is 398 g/mol. The maximum Gasteiger partial charge on any atom is 0.227 e. The number of nitrogens with zero attached hydrogens (tertiary/aromatic N) is 2. The Bertz CT molecular complexity index is 1250. The van der Waals surface area contributed by atoms with E-state index in [1.54, 1.807) is 7.11 Å². The number of benzene rings is 2. The van der Waals surface area contributed by atoms with Crippen LogP contribution in [0.1, 0.15) is 41.4 Å². The number of amides is 1. The number of ether oxygens (including phenoxy) is 1. The van der Waals surface area contributed by atoms with Crippen LogP contribution in [-0.2, 0) is 17.6 Å². The van der Waals surface area contributed by atoms with Gasteiger partial charge in [0.25, 0.3) is 0 Å². The standard InChI is InChI=1S/C27H27N3O2/c1-32-26-14-5-2-8-19(26)16-21-9-6-12-24(29-21)25-13-7-15-30(25)27(31)17-20-18-28-23-11-4-3-10-22(20)23/h2-6,8-12,14,18,25,28H,7,13,15-17H2,1H3. The first-order chi connectivity index (χ1) is 15.7. The summed E-state index contributed by atoms with van der Waals surface area (Å²) >= 11 is 0. The number of aromatic nitrogens is 2. The number of nitrogens with one attached hydrogen (secondary N) is 1. The zero-order valence-electron chi connectivity index (χ0n) is 18.3. The molecule has 1 unspecified atom stereocenters. The molecule has 1 fully saturated rings. The molecule has 0 aliphatic carbocycles. The average molecular weight is 426 g/mol. The third-order valence-electron chi connectivity index (χ3n) is 6.32. The second-order valence-corrected chi connectivity index (χ2v) is 8.32. The third-order valence-corrected chi connectivity index (χ3v) is 6.32. The molecule has 2 aromatic carbocycles. The number of rotatable bonds is 6. The van der Waals surface area contributed by atoms with Crippen molar-refractivity contribution in [1.29, 1.82) is 0 Å². The smallest absolute Gasteiger partial charge is 0.227 e. The zero-order chi connectivity index (χ0) is 21.9. The molecule has 4 aromatic rings. The number of hydrogen-bond acceptors (Lipinski definition) is 3. The normalized spacial score (nSPS) is 15.9. The summed E-state index contributed by atoms with van der Waals surface area (Å²) in [5, 5.41) is 1.12. The lowest BCUT2D eigenvalue weighted by molar-refractivity contribution is -0.131. The number of carbonyl (C=O) groups excluding carboxylic acids is 1. The van der Waals surface area contributed by atoms with Gasteiger partial charge < -0.3 is 14.6 Å². The Morgan fingerprint density at radius 1 is 1.06 bits per heavy atom. The second-order valence-electron chi connectivity index (χ2n) is 8.32. The number of fused-ring (bicyclic) bond motifs is 1. The van der Waals surface area contributed by atoms with Crippen LogP contribution in [0.25, 0.3) is 10.9 Å². The quantitative estimate of drug-likeness (QED) is 0.469. The van der Waals surface area contributed by atoms with Crippen LogP contribution in [0, 0.1) is 0 Å². The molecule has 0 saturated carbocycles. The molecule has 0 spiro atoms. The van der Waals surface area contributed by atoms with Crippen molar-refractivity contribution in [3.05, 3.63) is 95.4 Å². The number of methoxy groups -OCH3 is 1. The van der Waals surface area contributed by atoms with Crippen molar-refractivity contribution in [1.82, 2.24) is 14.9 Å². The van der Waals surface area contributed by atoms with Gasteiger partial charge in [-0.25, -0.2) is 0 Å². The van der Waals surface area contributed by atoms with E-state index in [4.69, 9.17) is 9.72 Å². The van der Waals surface area contributed by atoms with Gasteiger partial charge >= 0.3 is 0 Å². The lowest BCUT2D eigenvalue weighted by Crippen LogP contribution is -2.32. The Balaban J connectivity index is 1.35. The number of aromatic amines is 1. The molecule has 32 heavy (non-hydrogen) atoms. The summed E-state index contributed by atoms with van der Waals surface area (Å²) < 4.78 is 5.49. The fourth-order valence-electron chi connectivity index (χ4n) is 4.74. The van der Waals surface area contributed by atoms with Gasteiger partial charge in [0.1, 0.15) is 5.75 Å². The highest BCUT2D eigenvalue weighted by atomic mass is 16.5. The molecule has 3 heterocycles. The molecule has 0 radical (unpaired) electrons. The van der Waals surface area contributed by atoms with Crippen molar-refractivity contribution in [3.63, 3.8) is 0 Å². The Labute approximate surface area is 188 Å². The van der Waals surface area contributed by atoms with E-state index in [9.17, 15) is 4.79 Å². The van der Waals surface area contributed by atoms with Crippen molar-refractivity contribution in [2.45, 2.75) is 31.7 Å². The fourth-order valence-corrected chi connectivity index (χ4v) is 4.74. The molecule has 5 heteroatoms. The van der Waals surface area contributed by atoms with Crippen molar-refractivity contribution in [2.24, 2.45) is 0 Å². The summed E-state index contributed by atoms with van der Waals surface area (Å²) in [6.07, 6.45) is 5.02. The highest BCUT2D eigenvalue weighted by Crippen LogP contribution is 2.32. The topological polar surface area (TPSA) is 58.2 Å². The molecule has 1 atom stereocenters. The van der Waals surface area contributed by atoms with Gasteiger partial charge in [-0.1, -0.05) is 42.5 Å². The van der Waals surface area contributed by atoms with Crippen LogP contribution in [0.4, 0.5) is 0 Å². The zero-order valence-corrected chi connectivity index (χ0v) is 18.3. The van der Waals surface area contributed by atoms with Gasteiger partial charge in [0.2, 0.25) is 5.91 Å². The Morgan fingerprint density at radius 3 is 2.81 bits per heavy atom. The first-order valence-corrected chi connectivity index (χ1v) is 11.1. The lowest BCUT2D eigenvalue weighted by Gasteiger charge is -2.25. The maximum atomic E-state index is 13.3. The van der Waals surface area contributed by atoms with E-state index < -0.39 is 0 Å². The highest BCUT2D eigenvalue weighted by molar-refractivity contribution is 5.89. The fraction of sp³-hybridized carbons (Fsp3) is 0.259. The van der Waals surface area contributed by atoms with E-state index in [0.29, 0.717) is 12.8 Å². The molecule has 2 aromatic heterocycles. The second kappa shape index (κ2) is 8.87.